The van der Waals surface area contributed by atoms with E-state index in [1.165, 1.54) is 37.7 Å². The van der Waals surface area contributed by atoms with Gasteiger partial charge >= 0.3 is 0 Å². The van der Waals surface area contributed by atoms with E-state index in [9.17, 15) is 13.2 Å². The molecule has 0 aromatic heterocycles. The van der Waals surface area contributed by atoms with E-state index >= 15 is 0 Å². The number of benzene rings is 2. The second kappa shape index (κ2) is 13.6. The number of hydrogen-bond donors (Lipinski definition) is 2. The summed E-state index contributed by atoms with van der Waals surface area (Å²) in [6.07, 6.45) is 8.79. The molecule has 2 aromatic carbocycles. The van der Waals surface area contributed by atoms with E-state index in [-0.39, 0.29) is 18.3 Å². The molecule has 2 N–H and O–H groups in total. The lowest BCUT2D eigenvalue weighted by Gasteiger charge is -2.40. The topological polar surface area (TPSA) is 97.0 Å². The summed E-state index contributed by atoms with van der Waals surface area (Å²) < 4.78 is 36.8. The number of ether oxygens (including phenoxy) is 2. The van der Waals surface area contributed by atoms with Gasteiger partial charge in [-0.05, 0) is 73.6 Å². The Balaban J connectivity index is 0.00000400. The van der Waals surface area contributed by atoms with Crippen molar-refractivity contribution < 1.29 is 22.7 Å². The van der Waals surface area contributed by atoms with Crippen LogP contribution >= 0.6 is 12.4 Å². The number of rotatable bonds is 10. The van der Waals surface area contributed by atoms with Gasteiger partial charge in [0.2, 0.25) is 10.0 Å². The van der Waals surface area contributed by atoms with Crippen LogP contribution in [0.25, 0.3) is 0 Å². The van der Waals surface area contributed by atoms with Gasteiger partial charge in [0.25, 0.3) is 5.91 Å². The molecule has 0 bridgehead atoms. The molecule has 1 saturated heterocycles. The van der Waals surface area contributed by atoms with Gasteiger partial charge in [-0.15, -0.1) is 12.4 Å². The zero-order valence-electron chi connectivity index (χ0n) is 22.3. The van der Waals surface area contributed by atoms with Gasteiger partial charge in [0, 0.05) is 39.0 Å². The first-order valence-electron chi connectivity index (χ1n) is 13.2. The van der Waals surface area contributed by atoms with Crippen molar-refractivity contribution in [2.45, 2.75) is 57.1 Å². The predicted octanol–water partition coefficient (Wildman–Crippen LogP) is 4.95. The first kappa shape index (κ1) is 30.2. The summed E-state index contributed by atoms with van der Waals surface area (Å²) >= 11 is 0. The summed E-state index contributed by atoms with van der Waals surface area (Å²) in [6.45, 7) is 3.17. The zero-order valence-corrected chi connectivity index (χ0v) is 23.9. The largest absolute Gasteiger partial charge is 0.457 e. The molecule has 8 nitrogen and oxygen atoms in total. The highest BCUT2D eigenvalue weighted by Gasteiger charge is 2.41. The molecule has 10 heteroatoms. The van der Waals surface area contributed by atoms with Crippen molar-refractivity contribution >= 4 is 34.0 Å². The first-order valence-corrected chi connectivity index (χ1v) is 15.0. The molecule has 2 aliphatic rings. The lowest BCUT2D eigenvalue weighted by atomic mass is 9.87. The van der Waals surface area contributed by atoms with E-state index in [2.05, 4.69) is 14.9 Å². The molecular weight excluding hydrogens is 526 g/mol. The monoisotopic (exact) mass is 565 g/mol. The minimum Gasteiger partial charge on any atom is -0.457 e. The van der Waals surface area contributed by atoms with Crippen LogP contribution in [0.4, 0.5) is 5.69 Å². The molecule has 2 fully saturated rings. The van der Waals surface area contributed by atoms with Crippen molar-refractivity contribution in [3.8, 4) is 11.5 Å². The third kappa shape index (κ3) is 8.59. The number of nitrogens with zero attached hydrogens (tertiary/aromatic N) is 1. The molecule has 1 aliphatic carbocycles. The average molecular weight is 566 g/mol. The van der Waals surface area contributed by atoms with E-state index in [4.69, 9.17) is 9.47 Å². The van der Waals surface area contributed by atoms with Gasteiger partial charge < -0.3 is 14.8 Å². The lowest BCUT2D eigenvalue weighted by Crippen LogP contribution is -2.55. The smallest absolute Gasteiger partial charge is 0.252 e. The number of carbonyl (C=O) groups is 1. The van der Waals surface area contributed by atoms with Gasteiger partial charge in [-0.1, -0.05) is 31.4 Å². The summed E-state index contributed by atoms with van der Waals surface area (Å²) in [4.78, 5) is 15.4. The van der Waals surface area contributed by atoms with Crippen LogP contribution < -0.4 is 14.8 Å². The van der Waals surface area contributed by atoms with Gasteiger partial charge in [-0.25, -0.2) is 8.42 Å². The SMILES string of the molecule is COC1(C(=O)NCC2CCCCC2)CCN(Cc2ccc(Oc3ccc(NS(C)(=O)=O)cc3)cc2)CC1.Cl. The number of amides is 1. The van der Waals surface area contributed by atoms with Crippen LogP contribution in [0.2, 0.25) is 0 Å². The summed E-state index contributed by atoms with van der Waals surface area (Å²) in [6, 6.07) is 14.7. The normalized spacial score (nSPS) is 18.3. The van der Waals surface area contributed by atoms with Crippen molar-refractivity contribution in [3.63, 3.8) is 0 Å². The van der Waals surface area contributed by atoms with Gasteiger partial charge in [0.15, 0.2) is 0 Å². The fourth-order valence-electron chi connectivity index (χ4n) is 5.25. The Hall–Kier alpha value is -2.33. The number of piperidine rings is 1. The van der Waals surface area contributed by atoms with Crippen molar-refractivity contribution in [3.05, 3.63) is 54.1 Å². The molecule has 0 spiro atoms. The van der Waals surface area contributed by atoms with Gasteiger partial charge in [0.1, 0.15) is 17.1 Å². The van der Waals surface area contributed by atoms with E-state index in [0.717, 1.165) is 32.4 Å². The molecule has 210 valence electrons. The second-order valence-corrected chi connectivity index (χ2v) is 12.1. The van der Waals surface area contributed by atoms with E-state index < -0.39 is 15.6 Å². The van der Waals surface area contributed by atoms with Crippen LogP contribution in [-0.2, 0) is 26.1 Å². The number of carbonyl (C=O) groups excluding carboxylic acids is 1. The van der Waals surface area contributed by atoms with Gasteiger partial charge in [0.05, 0.1) is 6.26 Å². The number of halogens is 1. The third-order valence-electron chi connectivity index (χ3n) is 7.47. The molecule has 1 aliphatic heterocycles. The maximum Gasteiger partial charge on any atom is 0.252 e. The van der Waals surface area contributed by atoms with Gasteiger partial charge in [-0.3, -0.25) is 14.4 Å². The van der Waals surface area contributed by atoms with E-state index in [0.29, 0.717) is 35.9 Å². The standard InChI is InChI=1S/C28H39N3O5S.ClH/c1-35-28(27(32)29-20-22-6-4-3-5-7-22)16-18-31(19-17-28)21-23-8-12-25(13-9-23)36-26-14-10-24(11-15-26)30-37(2,33)34;/h8-15,22,30H,3-7,16-21H2,1-2H3,(H,29,32);1H. The van der Waals surface area contributed by atoms with E-state index in [1.807, 2.05) is 24.3 Å². The number of methoxy groups -OCH3 is 1. The molecule has 1 saturated carbocycles. The Morgan fingerprint density at radius 3 is 2.11 bits per heavy atom. The van der Waals surface area contributed by atoms with Crippen molar-refractivity contribution in [1.82, 2.24) is 10.2 Å². The first-order chi connectivity index (χ1) is 17.7. The summed E-state index contributed by atoms with van der Waals surface area (Å²) in [5, 5.41) is 3.19. The zero-order chi connectivity index (χ0) is 26.3. The quantitative estimate of drug-likeness (QED) is 0.423. The van der Waals surface area contributed by atoms with E-state index in [1.54, 1.807) is 31.4 Å². The Morgan fingerprint density at radius 1 is 0.974 bits per heavy atom. The molecule has 1 amide bonds. The Labute approximate surface area is 232 Å². The molecule has 4 rings (SSSR count). The maximum atomic E-state index is 13.0. The molecule has 1 heterocycles. The number of nitrogens with one attached hydrogen (secondary N) is 2. The van der Waals surface area contributed by atoms with Crippen LogP contribution in [0.3, 0.4) is 0 Å². The molecule has 38 heavy (non-hydrogen) atoms. The number of hydrogen-bond acceptors (Lipinski definition) is 6. The van der Waals surface area contributed by atoms with Crippen LogP contribution in [0, 0.1) is 5.92 Å². The molecule has 2 aromatic rings. The maximum absolute atomic E-state index is 13.0. The Morgan fingerprint density at radius 2 is 1.55 bits per heavy atom. The average Bonchev–Trinajstić information content (AvgIpc) is 2.90. The Bertz CT molecular complexity index is 1130. The summed E-state index contributed by atoms with van der Waals surface area (Å²) in [5.74, 6) is 1.98. The summed E-state index contributed by atoms with van der Waals surface area (Å²) in [7, 11) is -1.65. The fourth-order valence-corrected chi connectivity index (χ4v) is 5.81. The number of likely N-dealkylation sites (tertiary alicyclic amines) is 1. The summed E-state index contributed by atoms with van der Waals surface area (Å²) in [5.41, 5.74) is 0.938. The highest BCUT2D eigenvalue weighted by Crippen LogP contribution is 2.29. The molecule has 0 atom stereocenters. The molecular formula is C28H40ClN3O5S. The minimum atomic E-state index is -3.31. The number of anilines is 1. The molecule has 0 radical (unpaired) electrons. The lowest BCUT2D eigenvalue weighted by molar-refractivity contribution is -0.150. The van der Waals surface area contributed by atoms with Crippen LogP contribution in [0.1, 0.15) is 50.5 Å². The minimum absolute atomic E-state index is 0. The van der Waals surface area contributed by atoms with Crippen LogP contribution in [0.5, 0.6) is 11.5 Å². The van der Waals surface area contributed by atoms with Crippen molar-refractivity contribution in [2.75, 3.05) is 37.7 Å². The predicted molar refractivity (Wildman–Crippen MR) is 153 cm³/mol. The van der Waals surface area contributed by atoms with Crippen LogP contribution in [0.15, 0.2) is 48.5 Å². The van der Waals surface area contributed by atoms with Gasteiger partial charge in [-0.2, -0.15) is 0 Å². The Kier molecular flexibility index (Phi) is 10.8. The van der Waals surface area contributed by atoms with Crippen molar-refractivity contribution in [1.29, 1.82) is 0 Å². The highest BCUT2D eigenvalue weighted by molar-refractivity contribution is 7.92. The third-order valence-corrected chi connectivity index (χ3v) is 8.07. The number of sulfonamides is 1. The highest BCUT2D eigenvalue weighted by atomic mass is 35.5. The fraction of sp³-hybridized carbons (Fsp3) is 0.536. The van der Waals surface area contributed by atoms with Crippen molar-refractivity contribution in [2.24, 2.45) is 5.92 Å². The molecule has 0 unspecified atom stereocenters. The second-order valence-electron chi connectivity index (χ2n) is 10.3. The van der Waals surface area contributed by atoms with Crippen LogP contribution in [-0.4, -0.2) is 57.8 Å².